The lowest BCUT2D eigenvalue weighted by Gasteiger charge is -2.07. The van der Waals surface area contributed by atoms with Crippen LogP contribution in [0.5, 0.6) is 5.75 Å². The number of aromatic amines is 15. The fraction of sp³-hybridized carbons (Fsp3) is 0.0656. The molecule has 8 heterocycles. The quantitative estimate of drug-likeness (QED) is 0.0567. The lowest BCUT2D eigenvalue weighted by atomic mass is 10.2. The summed E-state index contributed by atoms with van der Waals surface area (Å²) >= 11 is 40.1. The molecule has 0 fully saturated rings. The van der Waals surface area contributed by atoms with Crippen LogP contribution < -0.4 is 10.5 Å². The van der Waals surface area contributed by atoms with E-state index in [0.29, 0.717) is 49.5 Å². The van der Waals surface area contributed by atoms with Gasteiger partial charge >= 0.3 is 6.36 Å². The van der Waals surface area contributed by atoms with Gasteiger partial charge in [-0.3, -0.25) is 0 Å². The topological polar surface area (TPSA) is 322 Å². The Labute approximate surface area is 558 Å². The van der Waals surface area contributed by atoms with E-state index in [1.165, 1.54) is 29.3 Å². The summed E-state index contributed by atoms with van der Waals surface area (Å²) in [6.45, 7) is 6.17. The number of ether oxygens (including phenoxy) is 1. The zero-order valence-electron chi connectivity index (χ0n) is 48.2. The molecule has 0 amide bonds. The summed E-state index contributed by atoms with van der Waals surface area (Å²) in [7, 11) is 0. The first-order valence-electron chi connectivity index (χ1n) is 26.9. The van der Waals surface area contributed by atoms with Gasteiger partial charge in [0.2, 0.25) is 0 Å². The van der Waals surface area contributed by atoms with E-state index in [2.05, 4.69) is 123 Å². The smallest absolute Gasteiger partial charge is 0.406 e. The molecule has 92 heavy (non-hydrogen) atoms. The second-order valence-corrected chi connectivity index (χ2v) is 22.7. The summed E-state index contributed by atoms with van der Waals surface area (Å²) in [6, 6.07) is 48.9. The molecule has 20 nitrogen and oxygen atoms in total. The number of imidazole rings is 8. The lowest BCUT2D eigenvalue weighted by molar-refractivity contribution is -0.274. The average molecular weight is 1390 g/mol. The molecule has 0 aliphatic carbocycles. The first-order chi connectivity index (χ1) is 44.1. The number of nitrogens with two attached hydrogens (primary N) is 1. The van der Waals surface area contributed by atoms with Gasteiger partial charge in [-0.2, -0.15) is 0 Å². The molecule has 16 rings (SSSR count). The van der Waals surface area contributed by atoms with Crippen LogP contribution in [-0.4, -0.2) is 98.0 Å². The maximum atomic E-state index is 11.9. The number of hydrogen-bond donors (Lipinski definition) is 17. The zero-order valence-corrected chi connectivity index (χ0v) is 54.6. The average Bonchev–Trinajstić information content (AvgIpc) is 3.49. The van der Waals surface area contributed by atoms with Crippen molar-refractivity contribution < 1.29 is 27.8 Å². The molecule has 8 aromatic carbocycles. The molecule has 16 aromatic rings. The highest BCUT2D eigenvalue weighted by atomic mass is 35.5. The molecule has 0 aliphatic heterocycles. The number of rotatable bonds is 2. The number of fused-ring (bicyclic) bond motifs is 8. The molecule has 0 spiro atoms. The van der Waals surface area contributed by atoms with Crippen LogP contribution in [0.4, 0.5) is 18.9 Å². The molecule has 0 atom stereocenters. The van der Waals surface area contributed by atoms with Crippen molar-refractivity contribution in [1.29, 1.82) is 0 Å². The largest absolute Gasteiger partial charge is 0.573 e. The van der Waals surface area contributed by atoms with E-state index >= 15 is 0 Å². The number of anilines is 1. The van der Waals surface area contributed by atoms with Crippen LogP contribution in [0.1, 0.15) is 16.7 Å². The number of benzene rings is 8. The first kappa shape index (κ1) is 68.3. The maximum absolute atomic E-state index is 11.9. The number of aliphatic hydroxyl groups excluding tert-OH is 1. The number of carbonyl (C=O) groups is 1. The highest BCUT2D eigenvalue weighted by Crippen LogP contribution is 2.25. The summed E-state index contributed by atoms with van der Waals surface area (Å²) in [5.41, 5.74) is 25.1. The lowest BCUT2D eigenvalue weighted by Crippen LogP contribution is -2.16. The Balaban J connectivity index is 0.000000135. The van der Waals surface area contributed by atoms with Crippen LogP contribution in [0.2, 0.25) is 5.02 Å². The number of carbonyl (C=O) groups excluding carboxylic acids is 1. The molecular weight excluding hydrogens is 1340 g/mol. The van der Waals surface area contributed by atoms with Gasteiger partial charge in [0, 0.05) is 16.8 Å². The van der Waals surface area contributed by atoms with Crippen LogP contribution in [0.15, 0.2) is 164 Å². The standard InChI is InChI=1S/C8H5F3N2OS.C8H8N2OS.2C8H8N2S.C7H5ClN2S.C7H7N3S.C7H6N2S.C7H6N2.CH2O/c9-8(10,11)14-4-1-2-5-6(3-4)13-7(15)12-5;11-4-5-1-2-6-7(3-5)10-8(12)9-6;2*1-5-2-3-6-7(4-5)10-8(11)9-6;2*8-4-1-2-5-6(3-4)10-7(11)9-5;10-7-8-5-3-1-2-4-6(5)9-7;1-2-4-7-6(3-1)8-5-9-7;1-2/h1-3H,(H2,12,13,15);1-3,11H,4H2,(H2,9,10,12);2*2-4H,1H3,(H2,9,10,11);1-3H,(H2,9,10,11);1-3H,8H2,(H2,9,10,11);1-4H,(H2,8,9,10);1-5H,(H,8,9);1H2. The number of para-hydroxylation sites is 4. The van der Waals surface area contributed by atoms with Crippen molar-refractivity contribution in [2.75, 3.05) is 5.73 Å². The maximum Gasteiger partial charge on any atom is 0.573 e. The van der Waals surface area contributed by atoms with E-state index in [1.54, 1.807) is 6.33 Å². The Morgan fingerprint density at radius 2 is 0.772 bits per heavy atom. The minimum Gasteiger partial charge on any atom is -0.406 e. The van der Waals surface area contributed by atoms with Gasteiger partial charge in [0.25, 0.3) is 0 Å². The molecule has 472 valence electrons. The van der Waals surface area contributed by atoms with Gasteiger partial charge in [-0.05, 0) is 225 Å². The van der Waals surface area contributed by atoms with Crippen molar-refractivity contribution in [3.8, 4) is 5.75 Å². The normalized spacial score (nSPS) is 10.6. The number of nitrogen functional groups attached to an aromatic ring is 1. The number of H-pyrrole nitrogens is 15. The van der Waals surface area contributed by atoms with Crippen molar-refractivity contribution in [2.24, 2.45) is 0 Å². The van der Waals surface area contributed by atoms with Gasteiger partial charge in [-0.15, -0.1) is 13.2 Å². The van der Waals surface area contributed by atoms with E-state index in [0.717, 1.165) is 88.5 Å². The minimum absolute atomic E-state index is 0.0573. The fourth-order valence-electron chi connectivity index (χ4n) is 8.59. The third kappa shape index (κ3) is 19.9. The second kappa shape index (κ2) is 31.9. The van der Waals surface area contributed by atoms with Crippen molar-refractivity contribution in [3.05, 3.63) is 219 Å². The van der Waals surface area contributed by atoms with Crippen LogP contribution >= 0.6 is 97.1 Å². The minimum atomic E-state index is -4.68. The van der Waals surface area contributed by atoms with Gasteiger partial charge in [0.15, 0.2) is 33.4 Å². The van der Waals surface area contributed by atoms with E-state index in [-0.39, 0.29) is 12.4 Å². The predicted molar refractivity (Wildman–Crippen MR) is 379 cm³/mol. The zero-order chi connectivity index (χ0) is 66.1. The molecule has 8 aromatic heterocycles. The molecule has 0 saturated carbocycles. The molecule has 0 saturated heterocycles. The Morgan fingerprint density at radius 3 is 1.21 bits per heavy atom. The van der Waals surface area contributed by atoms with E-state index in [1.807, 2.05) is 122 Å². The van der Waals surface area contributed by atoms with Crippen LogP contribution in [0, 0.1) is 47.2 Å². The van der Waals surface area contributed by atoms with Gasteiger partial charge in [0.1, 0.15) is 12.5 Å². The summed E-state index contributed by atoms with van der Waals surface area (Å²) < 4.78 is 43.7. The third-order valence-corrected chi connectivity index (χ3v) is 14.3. The van der Waals surface area contributed by atoms with Crippen molar-refractivity contribution in [2.45, 2.75) is 26.8 Å². The third-order valence-electron chi connectivity index (χ3n) is 12.6. The first-order valence-corrected chi connectivity index (χ1v) is 30.2. The Kier molecular flexibility index (Phi) is 23.7. The predicted octanol–water partition coefficient (Wildman–Crippen LogP) is 18.2. The van der Waals surface area contributed by atoms with Crippen molar-refractivity contribution in [1.82, 2.24) is 79.7 Å². The number of alkyl halides is 3. The summed E-state index contributed by atoms with van der Waals surface area (Å²) in [6.07, 6.45) is -2.98. The molecular formula is C61H55ClF3N17O3S7. The molecule has 0 unspecified atom stereocenters. The molecule has 31 heteroatoms. The van der Waals surface area contributed by atoms with Crippen LogP contribution in [0.3, 0.4) is 0 Å². The summed E-state index contributed by atoms with van der Waals surface area (Å²) in [4.78, 5) is 56.7. The van der Waals surface area contributed by atoms with E-state index in [9.17, 15) is 13.2 Å². The van der Waals surface area contributed by atoms with Gasteiger partial charge < -0.3 is 95.1 Å². The van der Waals surface area contributed by atoms with E-state index in [4.69, 9.17) is 113 Å². The highest BCUT2D eigenvalue weighted by Gasteiger charge is 2.31. The number of nitrogens with zero attached hydrogens (tertiary/aromatic N) is 1. The van der Waals surface area contributed by atoms with Crippen LogP contribution in [0.25, 0.3) is 88.3 Å². The number of aromatic nitrogens is 16. The highest BCUT2D eigenvalue weighted by molar-refractivity contribution is 7.72. The number of aliphatic hydroxyl groups is 1. The molecule has 0 bridgehead atoms. The number of halogens is 4. The van der Waals surface area contributed by atoms with Gasteiger partial charge in [-0.25, -0.2) is 4.98 Å². The molecule has 0 aliphatic rings. The Bertz CT molecular complexity index is 5130. The Morgan fingerprint density at radius 1 is 0.435 bits per heavy atom. The molecule has 0 radical (unpaired) electrons. The number of hydrogen-bond acceptors (Lipinski definition) is 12. The second-order valence-electron chi connectivity index (χ2n) is 19.4. The van der Waals surface area contributed by atoms with Crippen LogP contribution in [-0.2, 0) is 11.4 Å². The SMILES string of the molecule is C=O.Cc1ccc2[nH]c(=S)[nH]c2c1.Cc1ccc2[nH]c(=S)[nH]c2c1.FC(F)(F)Oc1ccc2[nH]c(=S)[nH]c2c1.Nc1ccc2[nH]c(=S)[nH]c2c1.OCc1ccc2[nH]c(=S)[nH]c2c1.S=c1[nH]c2ccc(Cl)cc2[nH]1.S=c1[nH]c2ccccc2[nH]1.c1ccc2[nH]cnc2c1. The number of nitrogens with one attached hydrogen (secondary N) is 15. The molecule has 18 N–H and O–H groups in total. The van der Waals surface area contributed by atoms with Gasteiger partial charge in [-0.1, -0.05) is 54.1 Å². The number of aryl methyl sites for hydroxylation is 2. The van der Waals surface area contributed by atoms with Crippen molar-refractivity contribution in [3.63, 3.8) is 0 Å². The van der Waals surface area contributed by atoms with Crippen molar-refractivity contribution >= 4 is 198 Å². The Hall–Kier alpha value is -9.63. The van der Waals surface area contributed by atoms with Gasteiger partial charge in [0.05, 0.1) is 101 Å². The summed E-state index contributed by atoms with van der Waals surface area (Å²) in [5, 5.41) is 9.56. The fourth-order valence-corrected chi connectivity index (χ4v) is 10.3. The monoisotopic (exact) mass is 1390 g/mol. The summed E-state index contributed by atoms with van der Waals surface area (Å²) in [5.74, 6) is -0.278. The van der Waals surface area contributed by atoms with E-state index < -0.39 is 6.36 Å².